The molecule has 1 aromatic carbocycles. The average Bonchev–Trinajstić information content (AvgIpc) is 3.39. The van der Waals surface area contributed by atoms with Gasteiger partial charge in [0.15, 0.2) is 0 Å². The first-order valence-corrected chi connectivity index (χ1v) is 15.1. The van der Waals surface area contributed by atoms with Gasteiger partial charge in [-0.25, -0.2) is 14.0 Å². The number of carbonyl (C=O) groups is 2. The number of carbonyl (C=O) groups excluding carboxylic acids is 2. The highest BCUT2D eigenvalue weighted by molar-refractivity contribution is 7.17. The Labute approximate surface area is 235 Å². The van der Waals surface area contributed by atoms with Crippen LogP contribution in [-0.2, 0) is 37.0 Å². The summed E-state index contributed by atoms with van der Waals surface area (Å²) in [5.41, 5.74) is 3.94. The third-order valence-electron chi connectivity index (χ3n) is 6.88. The van der Waals surface area contributed by atoms with Crippen molar-refractivity contribution in [1.29, 1.82) is 0 Å². The molecule has 0 spiro atoms. The number of hydrogen-bond donors (Lipinski definition) is 2. The Hall–Kier alpha value is -2.42. The van der Waals surface area contributed by atoms with E-state index in [-0.39, 0.29) is 11.8 Å². The normalized spacial score (nSPS) is 15.0. The number of halogens is 2. The summed E-state index contributed by atoms with van der Waals surface area (Å²) in [6.45, 7) is 5.84. The van der Waals surface area contributed by atoms with Gasteiger partial charge in [-0.1, -0.05) is 11.6 Å². The van der Waals surface area contributed by atoms with E-state index in [4.69, 9.17) is 16.3 Å². The number of aryl methyl sites for hydroxylation is 2. The summed E-state index contributed by atoms with van der Waals surface area (Å²) < 4.78 is 19.4. The molecular weight excluding hydrogens is 543 g/mol. The molecular formula is C29H32ClFN2O3S2. The summed E-state index contributed by atoms with van der Waals surface area (Å²) in [7, 11) is 0. The van der Waals surface area contributed by atoms with Crippen LogP contribution in [0, 0.1) is 5.82 Å². The predicted octanol–water partition coefficient (Wildman–Crippen LogP) is 8.30. The number of amides is 2. The minimum atomic E-state index is -0.629. The third kappa shape index (κ3) is 5.77. The number of ether oxygens (including phenoxy) is 1. The minimum absolute atomic E-state index is 0.313. The largest absolute Gasteiger partial charge is 0.456 e. The molecule has 0 unspecified atom stereocenters. The molecule has 202 valence electrons. The van der Waals surface area contributed by atoms with Gasteiger partial charge in [0.25, 0.3) is 0 Å². The van der Waals surface area contributed by atoms with E-state index in [0.717, 1.165) is 77.8 Å². The molecule has 2 aromatic heterocycles. The van der Waals surface area contributed by atoms with Gasteiger partial charge < -0.3 is 10.1 Å². The Morgan fingerprint density at radius 3 is 2.34 bits per heavy atom. The highest BCUT2D eigenvalue weighted by Gasteiger charge is 2.30. The summed E-state index contributed by atoms with van der Waals surface area (Å²) >= 11 is 9.59. The van der Waals surface area contributed by atoms with Crippen molar-refractivity contribution in [2.75, 3.05) is 5.32 Å². The zero-order chi connectivity index (χ0) is 27.0. The lowest BCUT2D eigenvalue weighted by Gasteiger charge is -2.21. The van der Waals surface area contributed by atoms with E-state index in [2.05, 4.69) is 10.6 Å². The molecule has 0 saturated carbocycles. The van der Waals surface area contributed by atoms with Gasteiger partial charge in [0, 0.05) is 26.7 Å². The molecule has 2 amide bonds. The second-order valence-electron chi connectivity index (χ2n) is 10.9. The van der Waals surface area contributed by atoms with Crippen LogP contribution in [0.2, 0.25) is 5.02 Å². The summed E-state index contributed by atoms with van der Waals surface area (Å²) in [5, 5.41) is 6.87. The molecule has 5 rings (SSSR count). The topological polar surface area (TPSA) is 67.4 Å². The maximum atomic E-state index is 13.7. The van der Waals surface area contributed by atoms with Crippen molar-refractivity contribution < 1.29 is 18.7 Å². The Balaban J connectivity index is 1.39. The lowest BCUT2D eigenvalue weighted by Crippen LogP contribution is -2.30. The number of esters is 1. The first-order chi connectivity index (χ1) is 18.1. The van der Waals surface area contributed by atoms with Crippen LogP contribution in [0.1, 0.15) is 83.3 Å². The van der Waals surface area contributed by atoms with E-state index in [1.807, 2.05) is 20.8 Å². The molecule has 2 N–H and O–H groups in total. The fourth-order valence-corrected chi connectivity index (χ4v) is 8.26. The SMILES string of the molecule is CC(C)(C)OC(=O)c1c(NC(=O)NCc2c(-c3ccc(F)cc3Cl)sc3c2CCCC3)sc2c1CCCC2. The van der Waals surface area contributed by atoms with Gasteiger partial charge in [0.1, 0.15) is 16.4 Å². The zero-order valence-corrected chi connectivity index (χ0v) is 24.3. The van der Waals surface area contributed by atoms with Crippen molar-refractivity contribution in [3.8, 4) is 10.4 Å². The highest BCUT2D eigenvalue weighted by atomic mass is 35.5. The first kappa shape index (κ1) is 27.2. The molecule has 0 fully saturated rings. The summed E-state index contributed by atoms with van der Waals surface area (Å²) in [5.74, 6) is -0.772. The molecule has 0 saturated heterocycles. The van der Waals surface area contributed by atoms with Crippen molar-refractivity contribution in [1.82, 2.24) is 5.32 Å². The van der Waals surface area contributed by atoms with Gasteiger partial charge >= 0.3 is 12.0 Å². The lowest BCUT2D eigenvalue weighted by molar-refractivity contribution is 0.00699. The van der Waals surface area contributed by atoms with Gasteiger partial charge in [0.2, 0.25) is 0 Å². The molecule has 0 bridgehead atoms. The summed E-state index contributed by atoms with van der Waals surface area (Å²) in [6, 6.07) is 4.08. The Kier molecular flexibility index (Phi) is 7.85. The molecule has 0 radical (unpaired) electrons. The van der Waals surface area contributed by atoms with E-state index < -0.39 is 11.6 Å². The molecule has 0 aliphatic heterocycles. The smallest absolute Gasteiger partial charge is 0.341 e. The first-order valence-electron chi connectivity index (χ1n) is 13.1. The van der Waals surface area contributed by atoms with Crippen LogP contribution in [-0.4, -0.2) is 17.6 Å². The number of thiophene rings is 2. The monoisotopic (exact) mass is 574 g/mol. The quantitative estimate of drug-likeness (QED) is 0.301. The van der Waals surface area contributed by atoms with Crippen LogP contribution in [0.25, 0.3) is 10.4 Å². The minimum Gasteiger partial charge on any atom is -0.456 e. The highest BCUT2D eigenvalue weighted by Crippen LogP contribution is 2.43. The number of fused-ring (bicyclic) bond motifs is 2. The Bertz CT molecular complexity index is 1390. The number of hydrogen-bond acceptors (Lipinski definition) is 5. The van der Waals surface area contributed by atoms with Crippen molar-refractivity contribution in [2.45, 2.75) is 84.3 Å². The molecule has 2 heterocycles. The Morgan fingerprint density at radius 1 is 1.00 bits per heavy atom. The van der Waals surface area contributed by atoms with Crippen LogP contribution < -0.4 is 10.6 Å². The van der Waals surface area contributed by atoms with Gasteiger partial charge in [-0.3, -0.25) is 5.32 Å². The van der Waals surface area contributed by atoms with Crippen molar-refractivity contribution in [3.63, 3.8) is 0 Å². The maximum absolute atomic E-state index is 13.7. The van der Waals surface area contributed by atoms with Crippen LogP contribution in [0.4, 0.5) is 14.2 Å². The number of benzene rings is 1. The zero-order valence-electron chi connectivity index (χ0n) is 21.9. The van der Waals surface area contributed by atoms with Crippen LogP contribution in [0.3, 0.4) is 0 Å². The summed E-state index contributed by atoms with van der Waals surface area (Å²) in [4.78, 5) is 29.7. The molecule has 9 heteroatoms. The van der Waals surface area contributed by atoms with Crippen LogP contribution >= 0.6 is 34.3 Å². The average molecular weight is 575 g/mol. The number of rotatable bonds is 5. The lowest BCUT2D eigenvalue weighted by atomic mass is 9.93. The molecule has 2 aliphatic carbocycles. The van der Waals surface area contributed by atoms with Crippen molar-refractivity contribution in [3.05, 3.63) is 61.0 Å². The van der Waals surface area contributed by atoms with E-state index in [9.17, 15) is 14.0 Å². The molecule has 2 aliphatic rings. The fraction of sp³-hybridized carbons (Fsp3) is 0.448. The van der Waals surface area contributed by atoms with Gasteiger partial charge in [-0.15, -0.1) is 22.7 Å². The third-order valence-corrected chi connectivity index (χ3v) is 9.77. The van der Waals surface area contributed by atoms with Crippen molar-refractivity contribution in [2.24, 2.45) is 0 Å². The van der Waals surface area contributed by atoms with E-state index in [0.29, 0.717) is 22.1 Å². The van der Waals surface area contributed by atoms with Gasteiger partial charge in [-0.2, -0.15) is 0 Å². The van der Waals surface area contributed by atoms with Crippen LogP contribution in [0.15, 0.2) is 18.2 Å². The Morgan fingerprint density at radius 2 is 1.66 bits per heavy atom. The van der Waals surface area contributed by atoms with E-state index >= 15 is 0 Å². The predicted molar refractivity (Wildman–Crippen MR) is 153 cm³/mol. The van der Waals surface area contributed by atoms with Crippen molar-refractivity contribution >= 4 is 51.3 Å². The molecule has 38 heavy (non-hydrogen) atoms. The second kappa shape index (κ2) is 11.0. The van der Waals surface area contributed by atoms with E-state index in [1.54, 1.807) is 17.4 Å². The number of anilines is 1. The molecule has 3 aromatic rings. The van der Waals surface area contributed by atoms with Gasteiger partial charge in [0.05, 0.1) is 10.6 Å². The fourth-order valence-electron chi connectivity index (χ4n) is 5.22. The number of nitrogens with one attached hydrogen (secondary N) is 2. The van der Waals surface area contributed by atoms with E-state index in [1.165, 1.54) is 33.9 Å². The molecule has 0 atom stereocenters. The second-order valence-corrected chi connectivity index (χ2v) is 13.5. The number of urea groups is 1. The molecule has 5 nitrogen and oxygen atoms in total. The van der Waals surface area contributed by atoms with Gasteiger partial charge in [-0.05, 0) is 107 Å². The standard InChI is InChI=1S/C29H32ClFN2O3S2/c1-29(2,3)36-27(34)24-19-9-5-7-11-23(19)38-26(24)33-28(35)32-15-20-17-8-4-6-10-22(17)37-25(20)18-13-12-16(31)14-21(18)30/h12-14H,4-11,15H2,1-3H3,(H2,32,33,35). The van der Waals surface area contributed by atoms with Crippen LogP contribution in [0.5, 0.6) is 0 Å². The maximum Gasteiger partial charge on any atom is 0.341 e. The summed E-state index contributed by atoms with van der Waals surface area (Å²) in [6.07, 6.45) is 7.98.